The third kappa shape index (κ3) is 4.51. The molecule has 0 aliphatic rings. The third-order valence-electron chi connectivity index (χ3n) is 3.21. The van der Waals surface area contributed by atoms with Gasteiger partial charge in [0, 0.05) is 16.6 Å². The van der Waals surface area contributed by atoms with Gasteiger partial charge in [0.15, 0.2) is 0 Å². The van der Waals surface area contributed by atoms with Crippen molar-refractivity contribution in [3.63, 3.8) is 0 Å². The van der Waals surface area contributed by atoms with Crippen LogP contribution in [-0.4, -0.2) is 10.9 Å². The molecule has 1 heterocycles. The summed E-state index contributed by atoms with van der Waals surface area (Å²) in [4.78, 5) is 16.4. The number of carbonyl (C=O) groups excluding carboxylic acids is 1. The first-order valence-corrected chi connectivity index (χ1v) is 9.11. The van der Waals surface area contributed by atoms with Crippen LogP contribution in [0.25, 0.3) is 0 Å². The molecule has 1 aromatic heterocycles. The topological polar surface area (TPSA) is 51.2 Å². The Hall–Kier alpha value is -2.07. The molecule has 0 unspecified atom stereocenters. The normalized spacial score (nSPS) is 10.5. The van der Waals surface area contributed by atoms with E-state index in [9.17, 15) is 13.6 Å². The highest BCUT2D eigenvalue weighted by Gasteiger charge is 2.12. The van der Waals surface area contributed by atoms with Crippen molar-refractivity contribution < 1.29 is 18.3 Å². The van der Waals surface area contributed by atoms with Gasteiger partial charge in [-0.15, -0.1) is 11.3 Å². The van der Waals surface area contributed by atoms with Gasteiger partial charge in [-0.1, -0.05) is 6.07 Å². The van der Waals surface area contributed by atoms with E-state index < -0.39 is 17.5 Å². The van der Waals surface area contributed by atoms with Gasteiger partial charge in [-0.3, -0.25) is 4.79 Å². The van der Waals surface area contributed by atoms with Gasteiger partial charge in [0.2, 0.25) is 0 Å². The van der Waals surface area contributed by atoms with Gasteiger partial charge in [-0.2, -0.15) is 0 Å². The van der Waals surface area contributed by atoms with Gasteiger partial charge < -0.3 is 10.1 Å². The zero-order valence-corrected chi connectivity index (χ0v) is 15.6. The van der Waals surface area contributed by atoms with E-state index in [4.69, 9.17) is 4.74 Å². The van der Waals surface area contributed by atoms with Crippen LogP contribution in [0.4, 0.5) is 14.5 Å². The average molecular weight is 472 g/mol. The Morgan fingerprint density at radius 3 is 2.68 bits per heavy atom. The molecule has 0 saturated carbocycles. The van der Waals surface area contributed by atoms with Crippen LogP contribution in [0, 0.1) is 15.2 Å². The molecule has 128 valence electrons. The van der Waals surface area contributed by atoms with Crippen molar-refractivity contribution in [2.45, 2.75) is 6.61 Å². The minimum Gasteiger partial charge on any atom is -0.487 e. The van der Waals surface area contributed by atoms with Crippen molar-refractivity contribution in [2.75, 3.05) is 5.32 Å². The summed E-state index contributed by atoms with van der Waals surface area (Å²) in [5, 5.41) is 4.35. The highest BCUT2D eigenvalue weighted by molar-refractivity contribution is 14.1. The van der Waals surface area contributed by atoms with E-state index in [1.807, 2.05) is 5.38 Å². The third-order valence-corrected chi connectivity index (χ3v) is 4.87. The number of anilines is 1. The molecular weight excluding hydrogens is 461 g/mol. The van der Waals surface area contributed by atoms with Crippen molar-refractivity contribution >= 4 is 45.5 Å². The smallest absolute Gasteiger partial charge is 0.255 e. The predicted octanol–water partition coefficient (Wildman–Crippen LogP) is 4.86. The minimum atomic E-state index is -0.726. The number of benzene rings is 2. The largest absolute Gasteiger partial charge is 0.487 e. The van der Waals surface area contributed by atoms with E-state index in [0.29, 0.717) is 17.9 Å². The van der Waals surface area contributed by atoms with Crippen molar-refractivity contribution in [1.82, 2.24) is 4.98 Å². The number of nitrogens with zero attached hydrogens (tertiary/aromatic N) is 1. The second-order valence-electron chi connectivity index (χ2n) is 5.00. The van der Waals surface area contributed by atoms with Gasteiger partial charge in [0.25, 0.3) is 5.91 Å². The maximum atomic E-state index is 13.6. The number of hydrogen-bond acceptors (Lipinski definition) is 4. The Labute approximate surface area is 160 Å². The zero-order valence-electron chi connectivity index (χ0n) is 12.6. The number of nitrogens with one attached hydrogen (secondary N) is 1. The standard InChI is InChI=1S/C17H11F2IN2O2S/c18-14-5-11(6-15(19)16(14)20)22-17(23)10-2-1-3-13(4-10)24-7-12-8-25-9-21-12/h1-6,8-9H,7H2,(H,22,23). The second kappa shape index (κ2) is 7.87. The van der Waals surface area contributed by atoms with Crippen LogP contribution >= 0.6 is 33.9 Å². The molecule has 0 saturated heterocycles. The molecule has 1 N–H and O–H groups in total. The molecule has 3 rings (SSSR count). The molecule has 4 nitrogen and oxygen atoms in total. The second-order valence-corrected chi connectivity index (χ2v) is 6.80. The van der Waals surface area contributed by atoms with Crippen LogP contribution in [0.2, 0.25) is 0 Å². The molecule has 0 fully saturated rings. The number of thiazole rings is 1. The minimum absolute atomic E-state index is 0.0502. The SMILES string of the molecule is O=C(Nc1cc(F)c(I)c(F)c1)c1cccc(OCc2cscn2)c1. The molecule has 0 atom stereocenters. The van der Waals surface area contributed by atoms with Crippen molar-refractivity contribution in [2.24, 2.45) is 0 Å². The Balaban J connectivity index is 1.71. The molecule has 2 aromatic carbocycles. The van der Waals surface area contributed by atoms with Crippen LogP contribution in [0.3, 0.4) is 0 Å². The van der Waals surface area contributed by atoms with E-state index >= 15 is 0 Å². The van der Waals surface area contributed by atoms with Crippen LogP contribution in [-0.2, 0) is 6.61 Å². The van der Waals surface area contributed by atoms with Crippen molar-refractivity contribution in [3.05, 3.63) is 73.8 Å². The summed E-state index contributed by atoms with van der Waals surface area (Å²) in [5.74, 6) is -1.44. The lowest BCUT2D eigenvalue weighted by Gasteiger charge is -2.09. The van der Waals surface area contributed by atoms with Crippen LogP contribution in [0.15, 0.2) is 47.3 Å². The van der Waals surface area contributed by atoms with Crippen molar-refractivity contribution in [3.8, 4) is 5.75 Å². The molecule has 0 aliphatic carbocycles. The van der Waals surface area contributed by atoms with Gasteiger partial charge in [0.1, 0.15) is 24.0 Å². The van der Waals surface area contributed by atoms with Gasteiger partial charge in [0.05, 0.1) is 14.8 Å². The number of carbonyl (C=O) groups is 1. The van der Waals surface area contributed by atoms with E-state index in [1.54, 1.807) is 52.4 Å². The Bertz CT molecular complexity index is 880. The Morgan fingerprint density at radius 2 is 2.00 bits per heavy atom. The summed E-state index contributed by atoms with van der Waals surface area (Å²) in [6, 6.07) is 8.68. The Kier molecular flexibility index (Phi) is 5.59. The monoisotopic (exact) mass is 472 g/mol. The molecule has 0 radical (unpaired) electrons. The molecule has 25 heavy (non-hydrogen) atoms. The fourth-order valence-corrected chi connectivity index (χ4v) is 2.88. The summed E-state index contributed by atoms with van der Waals surface area (Å²) in [5.41, 5.74) is 2.87. The first-order valence-electron chi connectivity index (χ1n) is 7.09. The summed E-state index contributed by atoms with van der Waals surface area (Å²) in [7, 11) is 0. The average Bonchev–Trinajstić information content (AvgIpc) is 3.11. The van der Waals surface area contributed by atoms with Crippen molar-refractivity contribution in [1.29, 1.82) is 0 Å². The zero-order chi connectivity index (χ0) is 17.8. The maximum Gasteiger partial charge on any atom is 0.255 e. The number of hydrogen-bond donors (Lipinski definition) is 1. The van der Waals surface area contributed by atoms with E-state index in [2.05, 4.69) is 10.3 Å². The van der Waals surface area contributed by atoms with Gasteiger partial charge in [-0.25, -0.2) is 13.8 Å². The molecule has 0 spiro atoms. The number of rotatable bonds is 5. The van der Waals surface area contributed by atoms with Gasteiger partial charge >= 0.3 is 0 Å². The fourth-order valence-electron chi connectivity index (χ4n) is 2.02. The molecule has 1 amide bonds. The lowest BCUT2D eigenvalue weighted by atomic mass is 10.2. The lowest BCUT2D eigenvalue weighted by molar-refractivity contribution is 0.102. The highest BCUT2D eigenvalue weighted by Crippen LogP contribution is 2.22. The summed E-state index contributed by atoms with van der Waals surface area (Å²) >= 11 is 3.04. The lowest BCUT2D eigenvalue weighted by Crippen LogP contribution is -2.12. The van der Waals surface area contributed by atoms with Crippen LogP contribution in [0.1, 0.15) is 16.1 Å². The molecule has 0 aliphatic heterocycles. The molecule has 3 aromatic rings. The number of halogens is 3. The van der Waals surface area contributed by atoms with Crippen LogP contribution in [0.5, 0.6) is 5.75 Å². The molecule has 8 heteroatoms. The fraction of sp³-hybridized carbons (Fsp3) is 0.0588. The Morgan fingerprint density at radius 1 is 1.24 bits per heavy atom. The molecule has 0 bridgehead atoms. The van der Waals surface area contributed by atoms with E-state index in [1.165, 1.54) is 11.3 Å². The molecular formula is C17H11F2IN2O2S. The highest BCUT2D eigenvalue weighted by atomic mass is 127. The first-order chi connectivity index (χ1) is 12.0. The first kappa shape index (κ1) is 17.7. The summed E-state index contributed by atoms with van der Waals surface area (Å²) in [6.45, 7) is 0.294. The summed E-state index contributed by atoms with van der Waals surface area (Å²) in [6.07, 6.45) is 0. The number of ether oxygens (including phenoxy) is 1. The summed E-state index contributed by atoms with van der Waals surface area (Å²) < 4.78 is 32.6. The quantitative estimate of drug-likeness (QED) is 0.427. The number of aromatic nitrogens is 1. The van der Waals surface area contributed by atoms with Gasteiger partial charge in [-0.05, 0) is 52.9 Å². The van der Waals surface area contributed by atoms with Crippen LogP contribution < -0.4 is 10.1 Å². The number of amides is 1. The maximum absolute atomic E-state index is 13.6. The van der Waals surface area contributed by atoms with E-state index in [-0.39, 0.29) is 9.26 Å². The van der Waals surface area contributed by atoms with E-state index in [0.717, 1.165) is 17.8 Å². The predicted molar refractivity (Wildman–Crippen MR) is 99.9 cm³/mol.